The molecule has 0 aliphatic heterocycles. The maximum Gasteiger partial charge on any atom is 0.250 e. The van der Waals surface area contributed by atoms with Gasteiger partial charge in [0.05, 0.1) is 6.61 Å². The third-order valence-corrected chi connectivity index (χ3v) is 18.8. The highest BCUT2D eigenvalue weighted by atomic mass is 28.4. The summed E-state index contributed by atoms with van der Waals surface area (Å²) in [4.78, 5) is 0. The zero-order chi connectivity index (χ0) is 26.0. The fourth-order valence-corrected chi connectivity index (χ4v) is 18.7. The minimum absolute atomic E-state index is 0.00906. The molecule has 36 heavy (non-hydrogen) atoms. The predicted octanol–water partition coefficient (Wildman–Crippen LogP) is 7.15. The fourth-order valence-electron chi connectivity index (χ4n) is 7.02. The summed E-state index contributed by atoms with van der Waals surface area (Å²) in [6.07, 6.45) is 2.28. The number of hydrogen-bond donors (Lipinski definition) is 0. The normalized spacial score (nSPS) is 23.1. The smallest absolute Gasteiger partial charge is 0.250 e. The van der Waals surface area contributed by atoms with Crippen molar-refractivity contribution in [2.45, 2.75) is 69.6 Å². The van der Waals surface area contributed by atoms with E-state index in [-0.39, 0.29) is 10.5 Å². The molecule has 1 saturated carbocycles. The Labute approximate surface area is 221 Å². The zero-order valence-electron chi connectivity index (χ0n) is 23.3. The van der Waals surface area contributed by atoms with Crippen LogP contribution in [0.15, 0.2) is 91.0 Å². The second-order valence-electron chi connectivity index (χ2n) is 12.4. The lowest BCUT2D eigenvalue weighted by atomic mass is 9.79. The highest BCUT2D eigenvalue weighted by molar-refractivity contribution is 7.04. The largest absolute Gasteiger partial charge is 0.448 e. The van der Waals surface area contributed by atoms with Crippen LogP contribution in [-0.2, 0) is 14.3 Å². The molecule has 192 valence electrons. The third-order valence-electron chi connectivity index (χ3n) is 8.54. The first kappa shape index (κ1) is 27.1. The molecule has 0 unspecified atom stereocenters. The second kappa shape index (κ2) is 10.4. The summed E-state index contributed by atoms with van der Waals surface area (Å²) in [6, 6.07) is 33.3. The van der Waals surface area contributed by atoms with E-state index in [1.54, 1.807) is 0 Å². The average molecular weight is 517 g/mol. The number of methoxy groups -OCH3 is 1. The van der Waals surface area contributed by atoms with Gasteiger partial charge in [-0.15, -0.1) is 0 Å². The quantitative estimate of drug-likeness (QED) is 0.296. The molecule has 0 spiro atoms. The van der Waals surface area contributed by atoms with Crippen LogP contribution in [0.1, 0.15) is 46.1 Å². The van der Waals surface area contributed by atoms with Crippen molar-refractivity contribution >= 4 is 27.0 Å². The number of ether oxygens (including phenoxy) is 1. The Bertz CT molecular complexity index is 1070. The lowest BCUT2D eigenvalue weighted by Gasteiger charge is -2.49. The van der Waals surface area contributed by atoms with Crippen LogP contribution in [0, 0.1) is 5.92 Å². The van der Waals surface area contributed by atoms with Gasteiger partial charge < -0.3 is 8.85 Å². The van der Waals surface area contributed by atoms with Crippen molar-refractivity contribution in [3.05, 3.63) is 96.6 Å². The van der Waals surface area contributed by atoms with Crippen molar-refractivity contribution in [1.29, 1.82) is 0 Å². The Kier molecular flexibility index (Phi) is 7.82. The first-order valence-corrected chi connectivity index (χ1v) is 18.3. The Morgan fingerprint density at radius 2 is 1.25 bits per heavy atom. The standard InChI is InChI=1S/C32H44O2Si2/c1-26-23-32(25-33-5,27-17-11-8-12-18-27)24-30(26)35(6,7)34-36(31(2,3)4,28-19-13-9-14-20-28)29-21-15-10-16-22-29/h8-22,26,30H,23-25H2,1-7H3/t26-,30-,32-/m0/s1. The van der Waals surface area contributed by atoms with Crippen LogP contribution in [-0.4, -0.2) is 30.4 Å². The first-order chi connectivity index (χ1) is 17.1. The Hall–Kier alpha value is -1.99. The minimum Gasteiger partial charge on any atom is -0.448 e. The second-order valence-corrected chi connectivity index (χ2v) is 21.2. The Morgan fingerprint density at radius 1 is 0.778 bits per heavy atom. The maximum atomic E-state index is 7.86. The van der Waals surface area contributed by atoms with Gasteiger partial charge in [-0.05, 0) is 58.4 Å². The van der Waals surface area contributed by atoms with Crippen LogP contribution in [0.3, 0.4) is 0 Å². The molecule has 3 aromatic rings. The van der Waals surface area contributed by atoms with Gasteiger partial charge >= 0.3 is 0 Å². The van der Waals surface area contributed by atoms with E-state index in [1.165, 1.54) is 15.9 Å². The zero-order valence-corrected chi connectivity index (χ0v) is 25.3. The summed E-state index contributed by atoms with van der Waals surface area (Å²) >= 11 is 0. The molecule has 0 heterocycles. The van der Waals surface area contributed by atoms with E-state index in [0.29, 0.717) is 11.5 Å². The van der Waals surface area contributed by atoms with Crippen LogP contribution in [0.25, 0.3) is 0 Å². The molecule has 1 aliphatic carbocycles. The van der Waals surface area contributed by atoms with E-state index in [9.17, 15) is 0 Å². The predicted molar refractivity (Wildman–Crippen MR) is 158 cm³/mol. The summed E-state index contributed by atoms with van der Waals surface area (Å²) in [5, 5.41) is 2.74. The third kappa shape index (κ3) is 4.93. The molecule has 0 radical (unpaired) electrons. The molecular weight excluding hydrogens is 473 g/mol. The molecule has 4 rings (SSSR count). The van der Waals surface area contributed by atoms with Gasteiger partial charge in [0, 0.05) is 12.5 Å². The van der Waals surface area contributed by atoms with Gasteiger partial charge in [0.25, 0.3) is 8.32 Å². The summed E-state index contributed by atoms with van der Waals surface area (Å²) < 4.78 is 13.7. The summed E-state index contributed by atoms with van der Waals surface area (Å²) in [7, 11) is -2.93. The molecular formula is C32H44O2Si2. The summed E-state index contributed by atoms with van der Waals surface area (Å²) in [5.74, 6) is 0.584. The SMILES string of the molecule is COC[C@]1(c2ccccc2)C[C@H](C)[C@@H]([Si](C)(C)O[Si](c2ccccc2)(c2ccccc2)C(C)(C)C)C1. The van der Waals surface area contributed by atoms with E-state index in [0.717, 1.165) is 19.4 Å². The van der Waals surface area contributed by atoms with Crippen molar-refractivity contribution in [1.82, 2.24) is 0 Å². The van der Waals surface area contributed by atoms with Crippen LogP contribution in [0.5, 0.6) is 0 Å². The van der Waals surface area contributed by atoms with Gasteiger partial charge in [-0.1, -0.05) is 119 Å². The molecule has 0 aromatic heterocycles. The summed E-state index contributed by atoms with van der Waals surface area (Å²) in [6.45, 7) is 15.4. The van der Waals surface area contributed by atoms with Gasteiger partial charge in [0.1, 0.15) is 0 Å². The molecule has 0 bridgehead atoms. The van der Waals surface area contributed by atoms with E-state index in [2.05, 4.69) is 132 Å². The van der Waals surface area contributed by atoms with Gasteiger partial charge in [-0.2, -0.15) is 0 Å². The van der Waals surface area contributed by atoms with Crippen LogP contribution in [0.4, 0.5) is 0 Å². The fraction of sp³-hybridized carbons (Fsp3) is 0.438. The van der Waals surface area contributed by atoms with E-state index in [4.69, 9.17) is 8.85 Å². The van der Waals surface area contributed by atoms with E-state index in [1.807, 2.05) is 7.11 Å². The van der Waals surface area contributed by atoms with Crippen LogP contribution >= 0.6 is 0 Å². The maximum absolute atomic E-state index is 7.86. The Balaban J connectivity index is 1.80. The molecule has 4 heteroatoms. The first-order valence-electron chi connectivity index (χ1n) is 13.4. The van der Waals surface area contributed by atoms with Crippen LogP contribution in [0.2, 0.25) is 23.7 Å². The van der Waals surface area contributed by atoms with Crippen LogP contribution < -0.4 is 10.4 Å². The van der Waals surface area contributed by atoms with Crippen molar-refractivity contribution in [2.24, 2.45) is 5.92 Å². The average Bonchev–Trinajstić information content (AvgIpc) is 3.22. The number of hydrogen-bond acceptors (Lipinski definition) is 2. The van der Waals surface area contributed by atoms with Crippen molar-refractivity contribution < 1.29 is 8.85 Å². The highest BCUT2D eigenvalue weighted by Gasteiger charge is 2.57. The van der Waals surface area contributed by atoms with E-state index < -0.39 is 16.6 Å². The molecule has 0 amide bonds. The lowest BCUT2D eigenvalue weighted by molar-refractivity contribution is 0.129. The summed E-state index contributed by atoms with van der Waals surface area (Å²) in [5.41, 5.74) is 2.02. The molecule has 1 aliphatic rings. The molecule has 1 fully saturated rings. The molecule has 0 N–H and O–H groups in total. The lowest BCUT2D eigenvalue weighted by Crippen LogP contribution is -2.70. The van der Waals surface area contributed by atoms with Gasteiger partial charge in [0.2, 0.25) is 0 Å². The number of benzene rings is 3. The van der Waals surface area contributed by atoms with E-state index >= 15 is 0 Å². The minimum atomic E-state index is -2.60. The van der Waals surface area contributed by atoms with Gasteiger partial charge in [-0.25, -0.2) is 0 Å². The Morgan fingerprint density at radius 3 is 1.69 bits per heavy atom. The molecule has 3 atom stereocenters. The molecule has 3 aromatic carbocycles. The molecule has 2 nitrogen and oxygen atoms in total. The molecule has 0 saturated heterocycles. The van der Waals surface area contributed by atoms with Crippen molar-refractivity contribution in [3.8, 4) is 0 Å². The van der Waals surface area contributed by atoms with Gasteiger partial charge in [-0.3, -0.25) is 0 Å². The number of rotatable bonds is 8. The van der Waals surface area contributed by atoms with Crippen molar-refractivity contribution in [2.75, 3.05) is 13.7 Å². The van der Waals surface area contributed by atoms with Crippen molar-refractivity contribution in [3.63, 3.8) is 0 Å². The van der Waals surface area contributed by atoms with Gasteiger partial charge in [0.15, 0.2) is 8.32 Å². The highest BCUT2D eigenvalue weighted by Crippen LogP contribution is 2.55. The monoisotopic (exact) mass is 516 g/mol. The topological polar surface area (TPSA) is 18.5 Å².